The first kappa shape index (κ1) is 32.6. The lowest BCUT2D eigenvalue weighted by Gasteiger charge is -2.29. The average Bonchev–Trinajstić information content (AvgIpc) is 3.59. The summed E-state index contributed by atoms with van der Waals surface area (Å²) < 4.78 is 3.17. The molecule has 15 heteroatoms. The van der Waals surface area contributed by atoms with Gasteiger partial charge < -0.3 is 20.4 Å². The first-order valence-electron chi connectivity index (χ1n) is 13.5. The highest BCUT2D eigenvalue weighted by Crippen LogP contribution is 2.12. The Morgan fingerprint density at radius 1 is 0.897 bits per heavy atom. The zero-order valence-corrected chi connectivity index (χ0v) is 23.1. The molecule has 4 rings (SSSR count). The van der Waals surface area contributed by atoms with Crippen LogP contribution in [0, 0.1) is 20.2 Å². The van der Waals surface area contributed by atoms with Crippen LogP contribution in [0.3, 0.4) is 0 Å². The molecular weight excluding hydrogens is 532 g/mol. The number of aromatic nitrogens is 4. The third-order valence-electron chi connectivity index (χ3n) is 6.29. The Hall–Kier alpha value is -2.65. The fourth-order valence-electron chi connectivity index (χ4n) is 4.18. The summed E-state index contributed by atoms with van der Waals surface area (Å²) in [4.78, 5) is 22.2. The summed E-state index contributed by atoms with van der Waals surface area (Å²) in [5.41, 5.74) is 0.0741. The Morgan fingerprint density at radius 3 is 1.90 bits per heavy atom. The third-order valence-corrected chi connectivity index (χ3v) is 6.56. The molecule has 2 atom stereocenters. The highest BCUT2D eigenvalue weighted by molar-refractivity contribution is 6.17. The van der Waals surface area contributed by atoms with Gasteiger partial charge in [0.15, 0.2) is 0 Å². The number of nitro groups is 2. The fraction of sp³-hybridized carbons (Fsp3) is 0.750. The summed E-state index contributed by atoms with van der Waals surface area (Å²) in [6, 6.07) is 0. The van der Waals surface area contributed by atoms with Gasteiger partial charge in [-0.1, -0.05) is 0 Å². The average molecular weight is 573 g/mol. The molecule has 2 aliphatic heterocycles. The van der Waals surface area contributed by atoms with E-state index < -0.39 is 9.85 Å². The van der Waals surface area contributed by atoms with Gasteiger partial charge in [-0.25, -0.2) is 0 Å². The van der Waals surface area contributed by atoms with Gasteiger partial charge in [-0.2, -0.15) is 10.2 Å². The van der Waals surface area contributed by atoms with E-state index in [4.69, 9.17) is 16.7 Å². The molecule has 0 aromatic carbocycles. The highest BCUT2D eigenvalue weighted by atomic mass is 35.5. The molecule has 0 amide bonds. The molecular formula is C24H41ClN8O6. The van der Waals surface area contributed by atoms with Crippen LogP contribution in [-0.4, -0.2) is 95.3 Å². The Bertz CT molecular complexity index is 968. The topological polar surface area (TPSA) is 178 Å². The minimum absolute atomic E-state index is 0.0332. The number of nitrogens with zero attached hydrogens (tertiary/aromatic N) is 7. The molecule has 14 nitrogen and oxygen atoms in total. The first-order valence-corrected chi connectivity index (χ1v) is 14.0. The Labute approximate surface area is 233 Å². The number of aliphatic hydroxyl groups is 2. The lowest BCUT2D eigenvalue weighted by molar-refractivity contribution is -0.385. The van der Waals surface area contributed by atoms with Crippen molar-refractivity contribution in [1.29, 1.82) is 0 Å². The molecule has 2 aliphatic rings. The van der Waals surface area contributed by atoms with Crippen LogP contribution in [0.15, 0.2) is 24.8 Å². The number of likely N-dealkylation sites (tertiary alicyclic amines) is 1. The van der Waals surface area contributed by atoms with Gasteiger partial charge in [-0.15, -0.1) is 11.6 Å². The summed E-state index contributed by atoms with van der Waals surface area (Å²) in [6.45, 7) is 6.06. The number of hydrogen-bond donors (Lipinski definition) is 3. The first-order chi connectivity index (χ1) is 18.8. The van der Waals surface area contributed by atoms with E-state index in [1.165, 1.54) is 24.8 Å². The van der Waals surface area contributed by atoms with Crippen molar-refractivity contribution < 1.29 is 20.1 Å². The van der Waals surface area contributed by atoms with Gasteiger partial charge in [0.1, 0.15) is 24.8 Å². The maximum atomic E-state index is 10.5. The number of piperidine rings is 2. The van der Waals surface area contributed by atoms with Gasteiger partial charge in [0.05, 0.1) is 22.1 Å². The van der Waals surface area contributed by atoms with E-state index in [1.807, 2.05) is 0 Å². The lowest BCUT2D eigenvalue weighted by atomic mass is 10.1. The van der Waals surface area contributed by atoms with Crippen LogP contribution in [-0.2, 0) is 13.1 Å². The van der Waals surface area contributed by atoms with Gasteiger partial charge in [0.2, 0.25) is 0 Å². The van der Waals surface area contributed by atoms with Crippen molar-refractivity contribution in [2.24, 2.45) is 0 Å². The molecule has 0 aliphatic carbocycles. The molecule has 2 saturated heterocycles. The maximum absolute atomic E-state index is 10.5. The minimum atomic E-state index is -0.453. The smallest absolute Gasteiger partial charge is 0.306 e. The summed E-state index contributed by atoms with van der Waals surface area (Å²) >= 11 is 5.49. The normalized spacial score (nSPS) is 19.4. The van der Waals surface area contributed by atoms with Crippen molar-refractivity contribution in [3.05, 3.63) is 45.0 Å². The zero-order valence-electron chi connectivity index (χ0n) is 22.3. The van der Waals surface area contributed by atoms with E-state index in [0.29, 0.717) is 19.0 Å². The van der Waals surface area contributed by atoms with Crippen molar-refractivity contribution in [2.75, 3.05) is 38.6 Å². The van der Waals surface area contributed by atoms with Crippen LogP contribution in [0.5, 0.6) is 0 Å². The number of rotatable bonds is 11. The third kappa shape index (κ3) is 13.8. The van der Waals surface area contributed by atoms with E-state index in [9.17, 15) is 25.3 Å². The van der Waals surface area contributed by atoms with Crippen molar-refractivity contribution in [1.82, 2.24) is 29.8 Å². The Kier molecular flexibility index (Phi) is 15.5. The lowest BCUT2D eigenvalue weighted by Crippen LogP contribution is -2.38. The van der Waals surface area contributed by atoms with Crippen molar-refractivity contribution in [2.45, 2.75) is 76.7 Å². The molecule has 0 radical (unpaired) electrons. The fourth-order valence-corrected chi connectivity index (χ4v) is 4.37. The molecule has 0 saturated carbocycles. The molecule has 39 heavy (non-hydrogen) atoms. The van der Waals surface area contributed by atoms with E-state index in [1.54, 1.807) is 9.36 Å². The number of alkyl halides is 1. The number of unbranched alkanes of at least 4 members (excludes halogenated alkanes) is 2. The van der Waals surface area contributed by atoms with Crippen LogP contribution in [0.25, 0.3) is 0 Å². The summed E-state index contributed by atoms with van der Waals surface area (Å²) in [5, 5.41) is 50.1. The largest absolute Gasteiger partial charge is 0.392 e. The van der Waals surface area contributed by atoms with Crippen LogP contribution in [0.2, 0.25) is 0 Å². The minimum Gasteiger partial charge on any atom is -0.392 e. The standard InChI is InChI=1S/C12H20N4O3.C7H10ClN3O2.C5H11NO/c17-12-4-3-6-14(10-12)5-1-2-7-15-9-11(8-13-15)16(18)19;8-3-1-2-4-10-6-7(5-9-10)11(12)13;7-5-2-1-3-6-4-5/h8-9,12,17H,1-7,10H2;5-6H,1-4H2;5-7H,1-4H2. The predicted molar refractivity (Wildman–Crippen MR) is 147 cm³/mol. The van der Waals surface area contributed by atoms with E-state index in [0.717, 1.165) is 84.1 Å². The van der Waals surface area contributed by atoms with Gasteiger partial charge in [-0.05, 0) is 71.0 Å². The second-order valence-electron chi connectivity index (χ2n) is 9.64. The van der Waals surface area contributed by atoms with E-state index in [-0.39, 0.29) is 23.6 Å². The number of aliphatic hydroxyl groups excluding tert-OH is 2. The number of hydrogen-bond acceptors (Lipinski definition) is 10. The molecule has 2 aromatic heterocycles. The predicted octanol–water partition coefficient (Wildman–Crippen LogP) is 2.57. The SMILES string of the molecule is O=[N+]([O-])c1cnn(CCCCCl)c1.O=[N+]([O-])c1cnn(CCCCN2CCCC(O)C2)c1.OC1CCCNC1. The molecule has 0 bridgehead atoms. The number of halogens is 1. The van der Waals surface area contributed by atoms with Crippen LogP contribution in [0.1, 0.15) is 51.4 Å². The van der Waals surface area contributed by atoms with E-state index >= 15 is 0 Å². The van der Waals surface area contributed by atoms with Gasteiger partial charge in [0, 0.05) is 32.1 Å². The van der Waals surface area contributed by atoms with Gasteiger partial charge in [0.25, 0.3) is 0 Å². The number of β-amino-alcohol motifs (C(OH)–C–C–N with tert-alkyl or cyclic N) is 2. The molecule has 220 valence electrons. The Morgan fingerprint density at radius 2 is 1.46 bits per heavy atom. The molecule has 2 fully saturated rings. The van der Waals surface area contributed by atoms with Crippen molar-refractivity contribution >= 4 is 23.0 Å². The molecule has 3 N–H and O–H groups in total. The summed E-state index contributed by atoms with van der Waals surface area (Å²) in [5.74, 6) is 0.614. The maximum Gasteiger partial charge on any atom is 0.306 e. The number of nitrogens with one attached hydrogen (secondary N) is 1. The quantitative estimate of drug-likeness (QED) is 0.157. The van der Waals surface area contributed by atoms with Crippen LogP contribution >= 0.6 is 11.6 Å². The van der Waals surface area contributed by atoms with Gasteiger partial charge >= 0.3 is 11.4 Å². The van der Waals surface area contributed by atoms with E-state index in [2.05, 4.69) is 20.4 Å². The van der Waals surface area contributed by atoms with Gasteiger partial charge in [-0.3, -0.25) is 29.6 Å². The summed E-state index contributed by atoms with van der Waals surface area (Å²) in [6.07, 6.45) is 13.0. The monoisotopic (exact) mass is 572 g/mol. The molecule has 2 unspecified atom stereocenters. The number of aryl methyl sites for hydroxylation is 2. The molecule has 0 spiro atoms. The second kappa shape index (κ2) is 18.6. The van der Waals surface area contributed by atoms with Crippen LogP contribution < -0.4 is 5.32 Å². The second-order valence-corrected chi connectivity index (χ2v) is 10.0. The summed E-state index contributed by atoms with van der Waals surface area (Å²) in [7, 11) is 0. The van der Waals surface area contributed by atoms with Crippen molar-refractivity contribution in [3.8, 4) is 0 Å². The van der Waals surface area contributed by atoms with Crippen LogP contribution in [0.4, 0.5) is 11.4 Å². The van der Waals surface area contributed by atoms with Crippen molar-refractivity contribution in [3.63, 3.8) is 0 Å². The molecule has 2 aromatic rings. The zero-order chi connectivity index (χ0) is 28.5. The molecule has 4 heterocycles. The highest BCUT2D eigenvalue weighted by Gasteiger charge is 2.17. The Balaban J connectivity index is 0.000000229.